The lowest BCUT2D eigenvalue weighted by Gasteiger charge is -2.11. The van der Waals surface area contributed by atoms with Crippen LogP contribution in [0.1, 0.15) is 35.2 Å². The van der Waals surface area contributed by atoms with Gasteiger partial charge in [-0.2, -0.15) is 13.2 Å². The molecule has 0 fully saturated rings. The van der Waals surface area contributed by atoms with Crippen molar-refractivity contribution in [3.8, 4) is 22.8 Å². The maximum atomic E-state index is 12.7. The van der Waals surface area contributed by atoms with E-state index < -0.39 is 17.7 Å². The number of benzene rings is 2. The summed E-state index contributed by atoms with van der Waals surface area (Å²) in [5, 5.41) is 8.70. The second-order valence-corrected chi connectivity index (χ2v) is 7.93. The monoisotopic (exact) mass is 473 g/mol. The molecule has 0 unspecified atom stereocenters. The van der Waals surface area contributed by atoms with Crippen molar-refractivity contribution in [2.45, 2.75) is 39.3 Å². The van der Waals surface area contributed by atoms with Gasteiger partial charge in [0, 0.05) is 11.3 Å². The van der Waals surface area contributed by atoms with Crippen LogP contribution in [0.25, 0.3) is 11.3 Å². The molecule has 34 heavy (non-hydrogen) atoms. The number of rotatable bonds is 10. The zero-order valence-corrected chi connectivity index (χ0v) is 19.0. The first-order chi connectivity index (χ1) is 16.1. The van der Waals surface area contributed by atoms with E-state index in [9.17, 15) is 18.0 Å². The molecule has 0 bridgehead atoms. The van der Waals surface area contributed by atoms with Gasteiger partial charge in [-0.25, -0.2) is 4.79 Å². The Kier molecular flexibility index (Phi) is 8.15. The zero-order valence-electron chi connectivity index (χ0n) is 19.0. The second-order valence-electron chi connectivity index (χ2n) is 7.93. The van der Waals surface area contributed by atoms with Crippen molar-refractivity contribution in [2.24, 2.45) is 0 Å². The molecule has 0 atom stereocenters. The minimum absolute atomic E-state index is 0.388. The van der Waals surface area contributed by atoms with Gasteiger partial charge in [0.1, 0.15) is 11.5 Å². The Bertz CT molecular complexity index is 1130. The number of alkyl halides is 3. The third kappa shape index (κ3) is 6.97. The Morgan fingerprint density at radius 3 is 2.32 bits per heavy atom. The summed E-state index contributed by atoms with van der Waals surface area (Å²) < 4.78 is 49.2. The topological polar surface area (TPSA) is 68.7 Å². The summed E-state index contributed by atoms with van der Waals surface area (Å²) in [7, 11) is 0. The van der Waals surface area contributed by atoms with Crippen LogP contribution < -0.4 is 9.47 Å². The summed E-state index contributed by atoms with van der Waals surface area (Å²) in [4.78, 5) is 15.2. The number of pyridine rings is 1. The minimum atomic E-state index is -4.35. The maximum absolute atomic E-state index is 12.7. The number of aliphatic carboxylic acids is 1. The highest BCUT2D eigenvalue weighted by Gasteiger charge is 2.30. The van der Waals surface area contributed by atoms with Crippen molar-refractivity contribution in [2.75, 3.05) is 13.2 Å². The highest BCUT2D eigenvalue weighted by atomic mass is 19.4. The quantitative estimate of drug-likeness (QED) is 0.353. The molecule has 3 aromatic rings. The first kappa shape index (κ1) is 25.1. The molecule has 2 aromatic carbocycles. The van der Waals surface area contributed by atoms with Gasteiger partial charge in [0.15, 0.2) is 6.61 Å². The molecule has 1 aromatic heterocycles. The Hall–Kier alpha value is -3.55. The molecule has 8 heteroatoms. The summed E-state index contributed by atoms with van der Waals surface area (Å²) in [6, 6.07) is 14.1. The van der Waals surface area contributed by atoms with Crippen molar-refractivity contribution in [1.82, 2.24) is 4.98 Å². The zero-order chi connectivity index (χ0) is 24.7. The molecular formula is C26H26F3NO4. The van der Waals surface area contributed by atoms with E-state index in [1.807, 2.05) is 32.0 Å². The molecule has 1 N–H and O–H groups in total. The van der Waals surface area contributed by atoms with Gasteiger partial charge >= 0.3 is 12.1 Å². The first-order valence-corrected chi connectivity index (χ1v) is 10.9. The van der Waals surface area contributed by atoms with Gasteiger partial charge in [-0.3, -0.25) is 4.98 Å². The molecule has 0 aliphatic rings. The molecule has 0 saturated carbocycles. The minimum Gasteiger partial charge on any atom is -0.494 e. The number of hydrogen-bond acceptors (Lipinski definition) is 4. The standard InChI is InChI=1S/C26H26F3NO4/c1-17-15-22(11-13-24(17)34-16-25(31)32)33-14-4-3-5-19-8-12-23(30-18(19)2)20-6-9-21(10-7-20)26(27,28)29/h6-13,15H,3-5,14,16H2,1-2H3,(H,31,32). The number of aromatic nitrogens is 1. The molecule has 3 rings (SSSR count). The molecular weight excluding hydrogens is 447 g/mol. The lowest BCUT2D eigenvalue weighted by molar-refractivity contribution is -0.139. The fraction of sp³-hybridized carbons (Fsp3) is 0.308. The van der Waals surface area contributed by atoms with E-state index in [-0.39, 0.29) is 6.61 Å². The van der Waals surface area contributed by atoms with Crippen LogP contribution in [0.5, 0.6) is 11.5 Å². The fourth-order valence-corrected chi connectivity index (χ4v) is 3.47. The van der Waals surface area contributed by atoms with E-state index >= 15 is 0 Å². The molecule has 0 radical (unpaired) electrons. The van der Waals surface area contributed by atoms with E-state index in [1.54, 1.807) is 12.1 Å². The molecule has 180 valence electrons. The van der Waals surface area contributed by atoms with E-state index in [0.29, 0.717) is 29.4 Å². The summed E-state index contributed by atoms with van der Waals surface area (Å²) in [5.41, 5.74) is 3.35. The number of carboxylic acid groups (broad SMARTS) is 1. The lowest BCUT2D eigenvalue weighted by Crippen LogP contribution is -2.10. The molecule has 5 nitrogen and oxygen atoms in total. The summed E-state index contributed by atoms with van der Waals surface area (Å²) >= 11 is 0. The summed E-state index contributed by atoms with van der Waals surface area (Å²) in [6.07, 6.45) is -1.82. The Balaban J connectivity index is 1.47. The average molecular weight is 473 g/mol. The van der Waals surface area contributed by atoms with Gasteiger partial charge in [-0.15, -0.1) is 0 Å². The number of carboxylic acids is 1. The van der Waals surface area contributed by atoms with E-state index in [0.717, 1.165) is 48.2 Å². The Morgan fingerprint density at radius 1 is 0.971 bits per heavy atom. The second kappa shape index (κ2) is 11.0. The molecule has 0 saturated heterocycles. The van der Waals surface area contributed by atoms with Gasteiger partial charge in [-0.1, -0.05) is 18.2 Å². The van der Waals surface area contributed by atoms with Crippen molar-refractivity contribution >= 4 is 5.97 Å². The SMILES string of the molecule is Cc1cc(OCCCCc2ccc(-c3ccc(C(F)(F)F)cc3)nc2C)ccc1OCC(=O)O. The van der Waals surface area contributed by atoms with Crippen molar-refractivity contribution < 1.29 is 32.5 Å². The van der Waals surface area contributed by atoms with Crippen LogP contribution >= 0.6 is 0 Å². The maximum Gasteiger partial charge on any atom is 0.416 e. The highest BCUT2D eigenvalue weighted by molar-refractivity contribution is 5.68. The van der Waals surface area contributed by atoms with Crippen LogP contribution in [0.2, 0.25) is 0 Å². The number of unbranched alkanes of at least 4 members (excludes halogenated alkanes) is 1. The number of nitrogens with zero attached hydrogens (tertiary/aromatic N) is 1. The van der Waals surface area contributed by atoms with Gasteiger partial charge in [0.2, 0.25) is 0 Å². The lowest BCUT2D eigenvalue weighted by atomic mass is 10.0. The van der Waals surface area contributed by atoms with E-state index in [2.05, 4.69) is 4.98 Å². The average Bonchev–Trinajstić information content (AvgIpc) is 2.78. The normalized spacial score (nSPS) is 11.3. The summed E-state index contributed by atoms with van der Waals surface area (Å²) in [6.45, 7) is 3.87. The van der Waals surface area contributed by atoms with Crippen LogP contribution in [-0.4, -0.2) is 29.3 Å². The smallest absolute Gasteiger partial charge is 0.416 e. The van der Waals surface area contributed by atoms with Crippen molar-refractivity contribution in [3.05, 3.63) is 77.0 Å². The fourth-order valence-electron chi connectivity index (χ4n) is 3.47. The largest absolute Gasteiger partial charge is 0.494 e. The molecule has 0 spiro atoms. The summed E-state index contributed by atoms with van der Waals surface area (Å²) in [5.74, 6) is 0.177. The highest BCUT2D eigenvalue weighted by Crippen LogP contribution is 2.31. The number of halogens is 3. The predicted octanol–water partition coefficient (Wildman–Crippen LogP) is 6.25. The Labute approximate surface area is 196 Å². The van der Waals surface area contributed by atoms with Crippen LogP contribution in [-0.2, 0) is 17.4 Å². The molecule has 0 aliphatic heterocycles. The van der Waals surface area contributed by atoms with Gasteiger partial charge in [0.25, 0.3) is 0 Å². The van der Waals surface area contributed by atoms with Crippen LogP contribution in [0, 0.1) is 13.8 Å². The van der Waals surface area contributed by atoms with Gasteiger partial charge in [-0.05, 0) is 80.6 Å². The van der Waals surface area contributed by atoms with Gasteiger partial charge < -0.3 is 14.6 Å². The van der Waals surface area contributed by atoms with Gasteiger partial charge in [0.05, 0.1) is 17.9 Å². The third-order valence-corrected chi connectivity index (χ3v) is 5.31. The Morgan fingerprint density at radius 2 is 1.71 bits per heavy atom. The van der Waals surface area contributed by atoms with Crippen molar-refractivity contribution in [3.63, 3.8) is 0 Å². The van der Waals surface area contributed by atoms with E-state index in [4.69, 9.17) is 14.6 Å². The number of hydrogen-bond donors (Lipinski definition) is 1. The molecule has 0 amide bonds. The van der Waals surface area contributed by atoms with Crippen LogP contribution in [0.3, 0.4) is 0 Å². The van der Waals surface area contributed by atoms with Crippen LogP contribution in [0.15, 0.2) is 54.6 Å². The predicted molar refractivity (Wildman–Crippen MR) is 122 cm³/mol. The number of ether oxygens (including phenoxy) is 2. The van der Waals surface area contributed by atoms with Crippen LogP contribution in [0.4, 0.5) is 13.2 Å². The third-order valence-electron chi connectivity index (χ3n) is 5.31. The van der Waals surface area contributed by atoms with Crippen molar-refractivity contribution in [1.29, 1.82) is 0 Å². The molecule has 0 aliphatic carbocycles. The van der Waals surface area contributed by atoms with E-state index in [1.165, 1.54) is 12.1 Å². The molecule has 1 heterocycles. The first-order valence-electron chi connectivity index (χ1n) is 10.9. The number of carbonyl (C=O) groups is 1. The number of aryl methyl sites for hydroxylation is 3.